The van der Waals surface area contributed by atoms with Crippen LogP contribution in [-0.2, 0) is 20.7 Å². The van der Waals surface area contributed by atoms with Gasteiger partial charge in [-0.3, -0.25) is 4.79 Å². The molecule has 1 amide bonds. The van der Waals surface area contributed by atoms with Gasteiger partial charge in [0.1, 0.15) is 22.9 Å². The van der Waals surface area contributed by atoms with Gasteiger partial charge in [0.25, 0.3) is 5.91 Å². The topological polar surface area (TPSA) is 102 Å². The highest BCUT2D eigenvalue weighted by Gasteiger charge is 2.40. The molecule has 3 N–H and O–H groups in total. The first-order chi connectivity index (χ1) is 19.8. The Hall–Kier alpha value is -2.40. The number of amides is 1. The predicted molar refractivity (Wildman–Crippen MR) is 164 cm³/mol. The summed E-state index contributed by atoms with van der Waals surface area (Å²) in [4.78, 5) is 22.2. The highest BCUT2D eigenvalue weighted by molar-refractivity contribution is 9.10. The van der Waals surface area contributed by atoms with E-state index in [4.69, 9.17) is 19.9 Å². The Kier molecular flexibility index (Phi) is 9.74. The van der Waals surface area contributed by atoms with Gasteiger partial charge >= 0.3 is 0 Å². The molecule has 3 saturated heterocycles. The quantitative estimate of drug-likeness (QED) is 0.281. The SMILES string of the molecule is C=CN=C(/C(C)=C(\N)C(=O)N1CCC(N[C@H]2CCOC[C@H]2OC)CC1)N1CCC2(CCc3cc(Br)ccc3O2)CC1. The minimum absolute atomic E-state index is 0.0693. The first-order valence-corrected chi connectivity index (χ1v) is 15.7. The number of hydrogen-bond donors (Lipinski definition) is 2. The average molecular weight is 631 g/mol. The van der Waals surface area contributed by atoms with Crippen molar-refractivity contribution in [3.63, 3.8) is 0 Å². The molecule has 1 spiro atoms. The summed E-state index contributed by atoms with van der Waals surface area (Å²) in [6, 6.07) is 6.89. The molecule has 9 nitrogen and oxygen atoms in total. The first kappa shape index (κ1) is 30.1. The minimum Gasteiger partial charge on any atom is -0.487 e. The van der Waals surface area contributed by atoms with Crippen molar-refractivity contribution < 1.29 is 19.0 Å². The van der Waals surface area contributed by atoms with Crippen LogP contribution in [-0.4, -0.2) is 91.8 Å². The van der Waals surface area contributed by atoms with Gasteiger partial charge in [-0.1, -0.05) is 22.5 Å². The molecular weight excluding hydrogens is 586 g/mol. The maximum absolute atomic E-state index is 13.5. The van der Waals surface area contributed by atoms with Crippen LogP contribution in [0.15, 0.2) is 51.7 Å². The molecule has 4 aliphatic heterocycles. The van der Waals surface area contributed by atoms with Gasteiger partial charge in [0.05, 0.1) is 12.7 Å². The molecule has 3 fully saturated rings. The molecule has 0 unspecified atom stereocenters. The molecule has 10 heteroatoms. The van der Waals surface area contributed by atoms with Crippen LogP contribution < -0.4 is 15.8 Å². The van der Waals surface area contributed by atoms with Crippen molar-refractivity contribution in [1.82, 2.24) is 15.1 Å². The average Bonchev–Trinajstić information content (AvgIpc) is 3.00. The monoisotopic (exact) mass is 629 g/mol. The third-order valence-corrected chi connectivity index (χ3v) is 9.69. The predicted octanol–water partition coefficient (Wildman–Crippen LogP) is 3.77. The van der Waals surface area contributed by atoms with E-state index in [2.05, 4.69) is 49.9 Å². The highest BCUT2D eigenvalue weighted by Crippen LogP contribution is 2.40. The van der Waals surface area contributed by atoms with Gasteiger partial charge in [-0.15, -0.1) is 0 Å². The number of nitrogens with one attached hydrogen (secondary N) is 1. The van der Waals surface area contributed by atoms with Gasteiger partial charge in [0.2, 0.25) is 0 Å². The van der Waals surface area contributed by atoms with E-state index in [9.17, 15) is 4.79 Å². The molecule has 2 atom stereocenters. The molecule has 41 heavy (non-hydrogen) atoms. The number of hydrogen-bond acceptors (Lipinski definition) is 7. The Bertz CT molecular complexity index is 1170. The second-order valence-electron chi connectivity index (χ2n) is 11.7. The van der Waals surface area contributed by atoms with Gasteiger partial charge in [-0.25, -0.2) is 4.99 Å². The number of rotatable bonds is 6. The van der Waals surface area contributed by atoms with Crippen molar-refractivity contribution >= 4 is 27.7 Å². The fraction of sp³-hybridized carbons (Fsp3) is 0.613. The van der Waals surface area contributed by atoms with Gasteiger partial charge in [-0.2, -0.15) is 0 Å². The number of piperidine rings is 2. The number of methoxy groups -OCH3 is 1. The zero-order valence-electron chi connectivity index (χ0n) is 24.4. The maximum Gasteiger partial charge on any atom is 0.270 e. The van der Waals surface area contributed by atoms with Gasteiger partial charge < -0.3 is 35.1 Å². The summed E-state index contributed by atoms with van der Waals surface area (Å²) in [5, 5.41) is 3.75. The summed E-state index contributed by atoms with van der Waals surface area (Å²) in [7, 11) is 1.74. The summed E-state index contributed by atoms with van der Waals surface area (Å²) in [6.45, 7) is 10.00. The first-order valence-electron chi connectivity index (χ1n) is 14.9. The number of likely N-dealkylation sites (tertiary alicyclic amines) is 2. The van der Waals surface area contributed by atoms with Crippen molar-refractivity contribution in [2.24, 2.45) is 10.7 Å². The lowest BCUT2D eigenvalue weighted by Gasteiger charge is -2.45. The number of aliphatic imine (C=N–C) groups is 1. The van der Waals surface area contributed by atoms with E-state index in [1.54, 1.807) is 7.11 Å². The lowest BCUT2D eigenvalue weighted by Crippen LogP contribution is -2.54. The van der Waals surface area contributed by atoms with Crippen LogP contribution in [0.5, 0.6) is 5.75 Å². The zero-order chi connectivity index (χ0) is 29.0. The normalized spacial score (nSPS) is 25.8. The fourth-order valence-electron chi connectivity index (χ4n) is 6.61. The van der Waals surface area contributed by atoms with Gasteiger partial charge in [-0.05, 0) is 62.8 Å². The number of amidine groups is 1. The van der Waals surface area contributed by atoms with Crippen molar-refractivity contribution in [2.45, 2.75) is 75.7 Å². The Morgan fingerprint density at radius 3 is 2.66 bits per heavy atom. The van der Waals surface area contributed by atoms with E-state index in [1.807, 2.05) is 17.9 Å². The largest absolute Gasteiger partial charge is 0.487 e. The Labute approximate surface area is 252 Å². The van der Waals surface area contributed by atoms with Crippen LogP contribution in [0.4, 0.5) is 0 Å². The molecule has 4 aliphatic rings. The van der Waals surface area contributed by atoms with Crippen molar-refractivity contribution in [1.29, 1.82) is 0 Å². The summed E-state index contributed by atoms with van der Waals surface area (Å²) in [5.41, 5.74) is 8.58. The molecule has 0 aliphatic carbocycles. The summed E-state index contributed by atoms with van der Waals surface area (Å²) in [5.74, 6) is 1.59. The van der Waals surface area contributed by atoms with Crippen LogP contribution >= 0.6 is 15.9 Å². The number of halogens is 1. The van der Waals surface area contributed by atoms with Crippen LogP contribution in [0.2, 0.25) is 0 Å². The molecule has 0 saturated carbocycles. The number of carbonyl (C=O) groups excluding carboxylic acids is 1. The smallest absolute Gasteiger partial charge is 0.270 e. The number of carbonyl (C=O) groups is 1. The maximum atomic E-state index is 13.5. The second kappa shape index (κ2) is 13.3. The zero-order valence-corrected chi connectivity index (χ0v) is 26.0. The number of ether oxygens (including phenoxy) is 3. The van der Waals surface area contributed by atoms with Crippen molar-refractivity contribution in [3.05, 3.63) is 52.3 Å². The highest BCUT2D eigenvalue weighted by atomic mass is 79.9. The number of nitrogens with zero attached hydrogens (tertiary/aromatic N) is 3. The van der Waals surface area contributed by atoms with Gasteiger partial charge in [0, 0.05) is 81.1 Å². The number of nitrogens with two attached hydrogens (primary N) is 1. The third-order valence-electron chi connectivity index (χ3n) is 9.20. The van der Waals surface area contributed by atoms with Crippen molar-refractivity contribution in [3.8, 4) is 5.75 Å². The summed E-state index contributed by atoms with van der Waals surface area (Å²) < 4.78 is 18.8. The Morgan fingerprint density at radius 1 is 1.20 bits per heavy atom. The summed E-state index contributed by atoms with van der Waals surface area (Å²) in [6.07, 6.45) is 8.09. The van der Waals surface area contributed by atoms with Crippen LogP contribution in [0.1, 0.15) is 51.0 Å². The van der Waals surface area contributed by atoms with Crippen LogP contribution in [0, 0.1) is 0 Å². The standard InChI is InChI=1S/C31H44BrN5O4/c1-4-34-29(36-16-12-31(13-17-36)11-7-22-19-23(32)5-6-26(22)41-31)21(2)28(33)30(38)37-14-8-24(9-15-37)35-25-10-18-40-20-27(25)39-3/h4-6,19,24-25,27,35H,1,7-18,20,33H2,2-3H3/b28-21-,34-29?/t25-,27+/m0/s1. The molecule has 1 aromatic rings. The number of fused-ring (bicyclic) bond motifs is 1. The van der Waals surface area contributed by atoms with Gasteiger partial charge in [0.15, 0.2) is 0 Å². The fourth-order valence-corrected chi connectivity index (χ4v) is 7.02. The van der Waals surface area contributed by atoms with E-state index >= 15 is 0 Å². The van der Waals surface area contributed by atoms with E-state index in [0.29, 0.717) is 31.3 Å². The van der Waals surface area contributed by atoms with E-state index in [0.717, 1.165) is 80.7 Å². The lowest BCUT2D eigenvalue weighted by molar-refractivity contribution is -0.128. The molecule has 5 rings (SSSR count). The number of benzene rings is 1. The van der Waals surface area contributed by atoms with E-state index in [-0.39, 0.29) is 29.4 Å². The molecule has 0 aromatic heterocycles. The molecule has 1 aromatic carbocycles. The third kappa shape index (κ3) is 6.82. The second-order valence-corrected chi connectivity index (χ2v) is 12.6. The Morgan fingerprint density at radius 2 is 1.95 bits per heavy atom. The lowest BCUT2D eigenvalue weighted by atomic mass is 9.83. The molecule has 4 heterocycles. The molecule has 0 bridgehead atoms. The van der Waals surface area contributed by atoms with Crippen LogP contribution in [0.25, 0.3) is 0 Å². The van der Waals surface area contributed by atoms with E-state index in [1.165, 1.54) is 11.8 Å². The van der Waals surface area contributed by atoms with Crippen LogP contribution in [0.3, 0.4) is 0 Å². The minimum atomic E-state index is -0.165. The molecule has 224 valence electrons. The summed E-state index contributed by atoms with van der Waals surface area (Å²) >= 11 is 3.57. The molecule has 0 radical (unpaired) electrons. The van der Waals surface area contributed by atoms with Crippen molar-refractivity contribution in [2.75, 3.05) is 46.5 Å². The molecular formula is C31H44BrN5O4. The number of aryl methyl sites for hydroxylation is 1. The Balaban J connectivity index is 1.18. The van der Waals surface area contributed by atoms with E-state index < -0.39 is 0 Å².